The maximum Gasteiger partial charge on any atom is 0.141 e. The van der Waals surface area contributed by atoms with Gasteiger partial charge in [0.15, 0.2) is 0 Å². The Labute approximate surface area is 148 Å². The molecule has 0 bridgehead atoms. The maximum atomic E-state index is 13.2. The second-order valence-corrected chi connectivity index (χ2v) is 6.48. The van der Waals surface area contributed by atoms with Crippen molar-refractivity contribution in [2.45, 2.75) is 10.6 Å². The molecule has 0 radical (unpaired) electrons. The van der Waals surface area contributed by atoms with Crippen molar-refractivity contribution in [3.05, 3.63) is 64.6 Å². The Hall–Kier alpha value is -2.18. The van der Waals surface area contributed by atoms with Crippen LogP contribution in [0.15, 0.2) is 52.4 Å². The van der Waals surface area contributed by atoms with Gasteiger partial charge in [0.25, 0.3) is 0 Å². The fourth-order valence-corrected chi connectivity index (χ4v) is 3.33. The molecule has 1 aromatic heterocycles. The zero-order valence-corrected chi connectivity index (χ0v) is 14.4. The fourth-order valence-electron chi connectivity index (χ4n) is 2.21. The zero-order valence-electron chi connectivity index (χ0n) is 12.8. The second-order valence-electron chi connectivity index (χ2n) is 5.03. The largest absolute Gasteiger partial charge is 0.294 e. The third-order valence-corrected chi connectivity index (χ3v) is 4.69. The molecule has 122 valence electrons. The van der Waals surface area contributed by atoms with E-state index in [0.29, 0.717) is 0 Å². The lowest BCUT2D eigenvalue weighted by atomic mass is 10.1. The van der Waals surface area contributed by atoms with Gasteiger partial charge >= 0.3 is 0 Å². The summed E-state index contributed by atoms with van der Waals surface area (Å²) >= 11 is 7.41. The summed E-state index contributed by atoms with van der Waals surface area (Å²) in [6.45, 7) is 0. The van der Waals surface area contributed by atoms with Gasteiger partial charge in [-0.3, -0.25) is 10.1 Å². The van der Waals surface area contributed by atoms with Crippen molar-refractivity contribution in [3.8, 4) is 11.3 Å². The van der Waals surface area contributed by atoms with Crippen molar-refractivity contribution in [3.63, 3.8) is 0 Å². The molecule has 0 atom stereocenters. The molecule has 0 aliphatic heterocycles. The van der Waals surface area contributed by atoms with E-state index in [1.54, 1.807) is 37.2 Å². The Morgan fingerprint density at radius 1 is 1.29 bits per heavy atom. The van der Waals surface area contributed by atoms with E-state index in [1.165, 1.54) is 6.07 Å². The van der Waals surface area contributed by atoms with Gasteiger partial charge in [0.1, 0.15) is 17.2 Å². The van der Waals surface area contributed by atoms with E-state index in [9.17, 15) is 4.39 Å². The number of halogens is 2. The number of aromatic amines is 1. The van der Waals surface area contributed by atoms with E-state index in [2.05, 4.69) is 26.5 Å². The molecule has 24 heavy (non-hydrogen) atoms. The summed E-state index contributed by atoms with van der Waals surface area (Å²) in [6.07, 6.45) is 1.69. The molecule has 7 heteroatoms. The van der Waals surface area contributed by atoms with Crippen LogP contribution >= 0.6 is 23.4 Å². The van der Waals surface area contributed by atoms with Crippen molar-refractivity contribution in [2.75, 3.05) is 7.05 Å². The second kappa shape index (κ2) is 7.59. The van der Waals surface area contributed by atoms with Crippen molar-refractivity contribution >= 4 is 29.6 Å². The highest BCUT2D eigenvalue weighted by atomic mass is 35.5. The molecule has 0 spiro atoms. The molecule has 0 saturated heterocycles. The number of nitrogens with zero attached hydrogens (tertiary/aromatic N) is 3. The monoisotopic (exact) mass is 360 g/mol. The van der Waals surface area contributed by atoms with Crippen LogP contribution in [0.5, 0.6) is 0 Å². The fraction of sp³-hybridized carbons (Fsp3) is 0.118. The summed E-state index contributed by atoms with van der Waals surface area (Å²) in [5, 5.41) is 10.9. The van der Waals surface area contributed by atoms with Crippen LogP contribution < -0.4 is 0 Å². The van der Waals surface area contributed by atoms with Gasteiger partial charge in [-0.05, 0) is 29.8 Å². The minimum absolute atomic E-state index is 0.139. The third-order valence-electron chi connectivity index (χ3n) is 3.33. The zero-order chi connectivity index (χ0) is 16.9. The number of thioether (sulfide) groups is 1. The quantitative estimate of drug-likeness (QED) is 0.534. The molecule has 0 fully saturated rings. The summed E-state index contributed by atoms with van der Waals surface area (Å²) in [5.74, 6) is 0.337. The lowest BCUT2D eigenvalue weighted by molar-refractivity contribution is 0.627. The first-order chi connectivity index (χ1) is 11.7. The third kappa shape index (κ3) is 3.83. The Morgan fingerprint density at radius 2 is 2.17 bits per heavy atom. The molecule has 1 N–H and O–H groups in total. The summed E-state index contributed by atoms with van der Waals surface area (Å²) in [7, 11) is 1.70. The average molecular weight is 361 g/mol. The summed E-state index contributed by atoms with van der Waals surface area (Å²) in [4.78, 5) is 4.92. The van der Waals surface area contributed by atoms with Gasteiger partial charge in [-0.1, -0.05) is 35.0 Å². The highest BCUT2D eigenvalue weighted by Gasteiger charge is 2.09. The number of H-pyrrole nitrogens is 1. The standard InChI is InChI=1S/C17H14ClFN4S/c1-20-9-16-17(22-23-21-16)12-4-2-3-11(7-12)10-24-13-5-6-15(19)14(18)8-13/h2-9H,10H2,1H3,(H,21,22,23)/b20-9-. The van der Waals surface area contributed by atoms with Gasteiger partial charge in [0.2, 0.25) is 0 Å². The Balaban J connectivity index is 1.78. The molecule has 0 amide bonds. The molecule has 3 rings (SSSR count). The van der Waals surface area contributed by atoms with Gasteiger partial charge in [-0.15, -0.1) is 16.9 Å². The average Bonchev–Trinajstić information content (AvgIpc) is 3.05. The van der Waals surface area contributed by atoms with Crippen LogP contribution in [0, 0.1) is 5.82 Å². The molecular formula is C17H14ClFN4S. The number of aromatic nitrogens is 3. The maximum absolute atomic E-state index is 13.2. The van der Waals surface area contributed by atoms with Gasteiger partial charge in [0, 0.05) is 29.5 Å². The number of hydrogen-bond acceptors (Lipinski definition) is 4. The molecule has 1 heterocycles. The van der Waals surface area contributed by atoms with Crippen LogP contribution in [-0.4, -0.2) is 28.7 Å². The number of aliphatic imine (C=N–C) groups is 1. The molecule has 0 unspecified atom stereocenters. The first kappa shape index (κ1) is 16.7. The normalized spacial score (nSPS) is 11.3. The topological polar surface area (TPSA) is 53.9 Å². The van der Waals surface area contributed by atoms with Gasteiger partial charge in [0.05, 0.1) is 5.02 Å². The first-order valence-electron chi connectivity index (χ1n) is 7.18. The van der Waals surface area contributed by atoms with Crippen molar-refractivity contribution < 1.29 is 4.39 Å². The van der Waals surface area contributed by atoms with E-state index in [-0.39, 0.29) is 5.02 Å². The SMILES string of the molecule is C/N=C\c1[nH]nnc1-c1cccc(CSc2ccc(F)c(Cl)c2)c1. The molecule has 0 saturated carbocycles. The number of rotatable bonds is 5. The van der Waals surface area contributed by atoms with Crippen LogP contribution in [0.3, 0.4) is 0 Å². The molecule has 0 aliphatic carbocycles. The Morgan fingerprint density at radius 3 is 2.96 bits per heavy atom. The predicted octanol–water partition coefficient (Wildman–Crippen LogP) is 4.61. The summed E-state index contributed by atoms with van der Waals surface area (Å²) < 4.78 is 13.2. The molecule has 4 nitrogen and oxygen atoms in total. The van der Waals surface area contributed by atoms with Crippen LogP contribution in [-0.2, 0) is 5.75 Å². The highest BCUT2D eigenvalue weighted by molar-refractivity contribution is 7.98. The van der Waals surface area contributed by atoms with Crippen LogP contribution in [0.4, 0.5) is 4.39 Å². The van der Waals surface area contributed by atoms with Gasteiger partial charge < -0.3 is 0 Å². The minimum Gasteiger partial charge on any atom is -0.294 e. The van der Waals surface area contributed by atoms with Crippen molar-refractivity contribution in [1.29, 1.82) is 0 Å². The summed E-state index contributed by atoms with van der Waals surface area (Å²) in [6, 6.07) is 12.8. The van der Waals surface area contributed by atoms with Crippen LogP contribution in [0.25, 0.3) is 11.3 Å². The van der Waals surface area contributed by atoms with Gasteiger partial charge in [-0.25, -0.2) is 4.39 Å². The van der Waals surface area contributed by atoms with E-state index < -0.39 is 5.82 Å². The van der Waals surface area contributed by atoms with Crippen molar-refractivity contribution in [1.82, 2.24) is 15.4 Å². The lowest BCUT2D eigenvalue weighted by Gasteiger charge is -2.05. The van der Waals surface area contributed by atoms with Crippen LogP contribution in [0.2, 0.25) is 5.02 Å². The Bertz CT molecular complexity index is 879. The number of benzene rings is 2. The number of hydrogen-bond donors (Lipinski definition) is 1. The first-order valence-corrected chi connectivity index (χ1v) is 8.54. The minimum atomic E-state index is -0.404. The molecule has 3 aromatic rings. The lowest BCUT2D eigenvalue weighted by Crippen LogP contribution is -1.89. The van der Waals surface area contributed by atoms with E-state index in [4.69, 9.17) is 11.6 Å². The van der Waals surface area contributed by atoms with Gasteiger partial charge in [-0.2, -0.15) is 0 Å². The van der Waals surface area contributed by atoms with E-state index >= 15 is 0 Å². The molecular weight excluding hydrogens is 347 g/mol. The molecule has 2 aromatic carbocycles. The van der Waals surface area contributed by atoms with Crippen LogP contribution in [0.1, 0.15) is 11.3 Å². The summed E-state index contributed by atoms with van der Waals surface area (Å²) in [5.41, 5.74) is 3.62. The van der Waals surface area contributed by atoms with Crippen molar-refractivity contribution in [2.24, 2.45) is 4.99 Å². The predicted molar refractivity (Wildman–Crippen MR) is 96.3 cm³/mol. The Kier molecular flexibility index (Phi) is 5.27. The smallest absolute Gasteiger partial charge is 0.141 e. The van der Waals surface area contributed by atoms with E-state index in [1.807, 2.05) is 18.2 Å². The van der Waals surface area contributed by atoms with E-state index in [0.717, 1.165) is 33.2 Å². The number of nitrogens with one attached hydrogen (secondary N) is 1. The molecule has 0 aliphatic rings. The highest BCUT2D eigenvalue weighted by Crippen LogP contribution is 2.28.